The summed E-state index contributed by atoms with van der Waals surface area (Å²) in [7, 11) is 0. The molecule has 1 aliphatic heterocycles. The Morgan fingerprint density at radius 1 is 1.50 bits per heavy atom. The van der Waals surface area contributed by atoms with Gasteiger partial charge in [-0.25, -0.2) is 4.79 Å². The SMILES string of the molecule is CC(C)(C)OC(=O)N1CCCC(CSCCO)C1. The molecule has 18 heavy (non-hydrogen) atoms. The van der Waals surface area contributed by atoms with Gasteiger partial charge in [-0.15, -0.1) is 0 Å². The normalized spacial score (nSPS) is 20.9. The van der Waals surface area contributed by atoms with E-state index in [1.807, 2.05) is 25.7 Å². The van der Waals surface area contributed by atoms with Crippen molar-refractivity contribution in [3.8, 4) is 0 Å². The predicted octanol–water partition coefficient (Wildman–Crippen LogP) is 2.36. The highest BCUT2D eigenvalue weighted by molar-refractivity contribution is 7.99. The second-order valence-corrected chi connectivity index (χ2v) is 6.88. The Hall–Kier alpha value is -0.420. The van der Waals surface area contributed by atoms with Gasteiger partial charge in [0.2, 0.25) is 0 Å². The lowest BCUT2D eigenvalue weighted by Crippen LogP contribution is -2.43. The van der Waals surface area contributed by atoms with Crippen LogP contribution in [0.2, 0.25) is 0 Å². The zero-order valence-corrected chi connectivity index (χ0v) is 12.5. The lowest BCUT2D eigenvalue weighted by molar-refractivity contribution is 0.0177. The van der Waals surface area contributed by atoms with Crippen LogP contribution in [0.25, 0.3) is 0 Å². The molecule has 1 heterocycles. The van der Waals surface area contributed by atoms with Crippen LogP contribution in [-0.4, -0.2) is 52.9 Å². The summed E-state index contributed by atoms with van der Waals surface area (Å²) in [5.74, 6) is 2.32. The van der Waals surface area contributed by atoms with Crippen LogP contribution in [0.5, 0.6) is 0 Å². The number of hydrogen-bond acceptors (Lipinski definition) is 4. The van der Waals surface area contributed by atoms with Crippen molar-refractivity contribution in [1.29, 1.82) is 0 Å². The molecule has 0 aromatic heterocycles. The van der Waals surface area contributed by atoms with E-state index in [1.54, 1.807) is 11.8 Å². The summed E-state index contributed by atoms with van der Waals surface area (Å²) in [6.07, 6.45) is 2.01. The number of likely N-dealkylation sites (tertiary alicyclic amines) is 1. The van der Waals surface area contributed by atoms with Crippen molar-refractivity contribution in [3.63, 3.8) is 0 Å². The Morgan fingerprint density at radius 2 is 2.22 bits per heavy atom. The fourth-order valence-electron chi connectivity index (χ4n) is 2.01. The number of aliphatic hydroxyl groups is 1. The van der Waals surface area contributed by atoms with Gasteiger partial charge in [0.15, 0.2) is 0 Å². The van der Waals surface area contributed by atoms with Crippen molar-refractivity contribution < 1.29 is 14.6 Å². The number of carbonyl (C=O) groups excluding carboxylic acids is 1. The number of amides is 1. The van der Waals surface area contributed by atoms with Gasteiger partial charge in [-0.2, -0.15) is 11.8 Å². The molecule has 5 heteroatoms. The monoisotopic (exact) mass is 275 g/mol. The molecule has 1 atom stereocenters. The number of rotatable bonds is 4. The molecule has 0 aliphatic carbocycles. The third kappa shape index (κ3) is 5.96. The first-order valence-corrected chi connectivity index (χ1v) is 7.74. The lowest BCUT2D eigenvalue weighted by Gasteiger charge is -2.34. The Balaban J connectivity index is 2.36. The first kappa shape index (κ1) is 15.6. The summed E-state index contributed by atoms with van der Waals surface area (Å²) in [6.45, 7) is 7.49. The number of ether oxygens (including phenoxy) is 1. The summed E-state index contributed by atoms with van der Waals surface area (Å²) in [4.78, 5) is 13.8. The molecule has 106 valence electrons. The summed E-state index contributed by atoms with van der Waals surface area (Å²) in [5.41, 5.74) is -0.421. The van der Waals surface area contributed by atoms with E-state index in [0.717, 1.165) is 37.4 Å². The average molecular weight is 275 g/mol. The van der Waals surface area contributed by atoms with Gasteiger partial charge in [0.25, 0.3) is 0 Å². The molecule has 0 aromatic carbocycles. The molecule has 0 aromatic rings. The first-order chi connectivity index (χ1) is 8.42. The van der Waals surface area contributed by atoms with Gasteiger partial charge in [0.05, 0.1) is 6.61 Å². The number of hydrogen-bond donors (Lipinski definition) is 1. The van der Waals surface area contributed by atoms with E-state index in [9.17, 15) is 4.79 Å². The lowest BCUT2D eigenvalue weighted by atomic mass is 10.0. The molecule has 0 saturated carbocycles. The van der Waals surface area contributed by atoms with Gasteiger partial charge in [0, 0.05) is 18.8 Å². The van der Waals surface area contributed by atoms with Crippen molar-refractivity contribution >= 4 is 17.9 Å². The summed E-state index contributed by atoms with van der Waals surface area (Å²) < 4.78 is 5.39. The number of piperidine rings is 1. The van der Waals surface area contributed by atoms with E-state index in [4.69, 9.17) is 9.84 Å². The Morgan fingerprint density at radius 3 is 2.83 bits per heavy atom. The van der Waals surface area contributed by atoms with Crippen LogP contribution in [0.15, 0.2) is 0 Å². The van der Waals surface area contributed by atoms with Gasteiger partial charge in [0.1, 0.15) is 5.60 Å². The summed E-state index contributed by atoms with van der Waals surface area (Å²) in [6, 6.07) is 0. The maximum atomic E-state index is 11.9. The van der Waals surface area contributed by atoms with Crippen molar-refractivity contribution in [1.82, 2.24) is 4.90 Å². The van der Waals surface area contributed by atoms with Gasteiger partial charge in [-0.3, -0.25) is 0 Å². The number of carbonyl (C=O) groups is 1. The highest BCUT2D eigenvalue weighted by Gasteiger charge is 2.27. The fraction of sp³-hybridized carbons (Fsp3) is 0.923. The molecule has 1 N–H and O–H groups in total. The number of thioether (sulfide) groups is 1. The minimum absolute atomic E-state index is 0.195. The van der Waals surface area contributed by atoms with Crippen molar-refractivity contribution in [2.75, 3.05) is 31.2 Å². The van der Waals surface area contributed by atoms with Crippen LogP contribution in [-0.2, 0) is 4.74 Å². The maximum absolute atomic E-state index is 11.9. The molecule has 4 nitrogen and oxygen atoms in total. The number of aliphatic hydroxyl groups excluding tert-OH is 1. The highest BCUT2D eigenvalue weighted by Crippen LogP contribution is 2.22. The molecular formula is C13H25NO3S. The van der Waals surface area contributed by atoms with E-state index >= 15 is 0 Å². The fourth-order valence-corrected chi connectivity index (χ4v) is 2.91. The Bertz CT molecular complexity index is 265. The van der Waals surface area contributed by atoms with Gasteiger partial charge in [-0.1, -0.05) is 0 Å². The van der Waals surface area contributed by atoms with Crippen molar-refractivity contribution in [2.45, 2.75) is 39.2 Å². The highest BCUT2D eigenvalue weighted by atomic mass is 32.2. The first-order valence-electron chi connectivity index (χ1n) is 6.59. The van der Waals surface area contributed by atoms with Crippen LogP contribution in [0.3, 0.4) is 0 Å². The predicted molar refractivity (Wildman–Crippen MR) is 74.9 cm³/mol. The van der Waals surface area contributed by atoms with E-state index < -0.39 is 5.60 Å². The third-order valence-electron chi connectivity index (χ3n) is 2.76. The quantitative estimate of drug-likeness (QED) is 0.800. The molecule has 1 amide bonds. The molecule has 1 fully saturated rings. The Labute approximate surface area is 114 Å². The molecule has 1 aliphatic rings. The second kappa shape index (κ2) is 7.24. The molecule has 1 unspecified atom stereocenters. The van der Waals surface area contributed by atoms with Crippen LogP contribution in [0.1, 0.15) is 33.6 Å². The molecule has 0 spiro atoms. The van der Waals surface area contributed by atoms with Crippen molar-refractivity contribution in [2.24, 2.45) is 5.92 Å². The van der Waals surface area contributed by atoms with Crippen LogP contribution < -0.4 is 0 Å². The summed E-state index contributed by atoms with van der Waals surface area (Å²) >= 11 is 1.76. The second-order valence-electron chi connectivity index (χ2n) is 5.73. The van der Waals surface area contributed by atoms with E-state index in [2.05, 4.69) is 0 Å². The maximum Gasteiger partial charge on any atom is 0.410 e. The smallest absolute Gasteiger partial charge is 0.410 e. The van der Waals surface area contributed by atoms with E-state index in [1.165, 1.54) is 0 Å². The minimum atomic E-state index is -0.421. The zero-order valence-electron chi connectivity index (χ0n) is 11.6. The minimum Gasteiger partial charge on any atom is -0.444 e. The third-order valence-corrected chi connectivity index (χ3v) is 3.94. The molecule has 0 bridgehead atoms. The van der Waals surface area contributed by atoms with Gasteiger partial charge in [-0.05, 0) is 45.3 Å². The molecule has 0 radical (unpaired) electrons. The molecule has 1 saturated heterocycles. The van der Waals surface area contributed by atoms with E-state index in [-0.39, 0.29) is 12.7 Å². The van der Waals surface area contributed by atoms with Crippen molar-refractivity contribution in [3.05, 3.63) is 0 Å². The topological polar surface area (TPSA) is 49.8 Å². The largest absolute Gasteiger partial charge is 0.444 e. The molecular weight excluding hydrogens is 250 g/mol. The Kier molecular flexibility index (Phi) is 6.29. The summed E-state index contributed by atoms with van der Waals surface area (Å²) in [5, 5.41) is 8.76. The van der Waals surface area contributed by atoms with Crippen LogP contribution in [0.4, 0.5) is 4.79 Å². The number of nitrogens with zero attached hydrogens (tertiary/aromatic N) is 1. The standard InChI is InChI=1S/C13H25NO3S/c1-13(2,3)17-12(16)14-6-4-5-11(9-14)10-18-8-7-15/h11,15H,4-10H2,1-3H3. The average Bonchev–Trinajstić information content (AvgIpc) is 2.27. The van der Waals surface area contributed by atoms with E-state index in [0.29, 0.717) is 5.92 Å². The van der Waals surface area contributed by atoms with Gasteiger partial charge < -0.3 is 14.7 Å². The zero-order chi connectivity index (χ0) is 13.6. The van der Waals surface area contributed by atoms with Crippen LogP contribution >= 0.6 is 11.8 Å². The van der Waals surface area contributed by atoms with Crippen LogP contribution in [0, 0.1) is 5.92 Å². The van der Waals surface area contributed by atoms with Gasteiger partial charge >= 0.3 is 6.09 Å². The molecule has 1 rings (SSSR count).